The van der Waals surface area contributed by atoms with Crippen LogP contribution in [-0.4, -0.2) is 23.8 Å². The predicted molar refractivity (Wildman–Crippen MR) is 45.3 cm³/mol. The van der Waals surface area contributed by atoms with Crippen molar-refractivity contribution in [1.29, 1.82) is 0 Å². The number of amides is 2. The molecule has 0 radical (unpaired) electrons. The molecule has 1 aliphatic heterocycles. The summed E-state index contributed by atoms with van der Waals surface area (Å²) in [7, 11) is 1.51. The van der Waals surface area contributed by atoms with Gasteiger partial charge in [0, 0.05) is 19.9 Å². The Bertz CT molecular complexity index is 227. The number of imide groups is 1. The minimum absolute atomic E-state index is 0.153. The first-order chi connectivity index (χ1) is 5.72. The smallest absolute Gasteiger partial charge is 0.232 e. The van der Waals surface area contributed by atoms with Gasteiger partial charge < -0.3 is 0 Å². The second kappa shape index (κ2) is 3.85. The Morgan fingerprint density at radius 1 is 1.08 bits per heavy atom. The molecule has 3 nitrogen and oxygen atoms in total. The molecule has 1 aliphatic rings. The van der Waals surface area contributed by atoms with Gasteiger partial charge in [-0.1, -0.05) is 24.3 Å². The van der Waals surface area contributed by atoms with E-state index in [-0.39, 0.29) is 11.8 Å². The zero-order chi connectivity index (χ0) is 8.97. The van der Waals surface area contributed by atoms with E-state index >= 15 is 0 Å². The second-order valence-corrected chi connectivity index (χ2v) is 2.61. The Labute approximate surface area is 71.4 Å². The van der Waals surface area contributed by atoms with Crippen LogP contribution in [0.5, 0.6) is 0 Å². The van der Waals surface area contributed by atoms with Crippen molar-refractivity contribution < 1.29 is 9.59 Å². The molecule has 0 fully saturated rings. The van der Waals surface area contributed by atoms with Crippen LogP contribution in [0.15, 0.2) is 24.3 Å². The highest BCUT2D eigenvalue weighted by Gasteiger charge is 2.13. The van der Waals surface area contributed by atoms with E-state index in [4.69, 9.17) is 0 Å². The van der Waals surface area contributed by atoms with Crippen molar-refractivity contribution in [2.75, 3.05) is 7.05 Å². The molecule has 0 saturated carbocycles. The van der Waals surface area contributed by atoms with E-state index in [9.17, 15) is 9.59 Å². The van der Waals surface area contributed by atoms with Crippen molar-refractivity contribution in [3.8, 4) is 0 Å². The fourth-order valence-electron chi connectivity index (χ4n) is 0.908. The standard InChI is InChI=1S/C9H11NO2/c1-10-8(11)6-4-2-3-5-7-9(10)12/h2-5H,6-7H2,1H3/b4-2-,5-3-. The van der Waals surface area contributed by atoms with Crippen LogP contribution in [0, 0.1) is 0 Å². The lowest BCUT2D eigenvalue weighted by atomic mass is 10.3. The Morgan fingerprint density at radius 3 is 1.92 bits per heavy atom. The maximum absolute atomic E-state index is 11.2. The molecule has 0 atom stereocenters. The van der Waals surface area contributed by atoms with Crippen LogP contribution in [-0.2, 0) is 9.59 Å². The zero-order valence-electron chi connectivity index (χ0n) is 6.99. The quantitative estimate of drug-likeness (QED) is 0.499. The molecule has 3 heteroatoms. The Hall–Kier alpha value is -1.38. The van der Waals surface area contributed by atoms with Crippen LogP contribution in [0.25, 0.3) is 0 Å². The number of hydrogen-bond acceptors (Lipinski definition) is 2. The molecule has 2 amide bonds. The normalized spacial score (nSPS) is 24.2. The molecule has 0 saturated heterocycles. The first kappa shape index (κ1) is 8.71. The van der Waals surface area contributed by atoms with Crippen LogP contribution in [0.2, 0.25) is 0 Å². The van der Waals surface area contributed by atoms with E-state index < -0.39 is 0 Å². The lowest BCUT2D eigenvalue weighted by Gasteiger charge is -2.12. The van der Waals surface area contributed by atoms with Crippen molar-refractivity contribution >= 4 is 11.8 Å². The first-order valence-electron chi connectivity index (χ1n) is 3.83. The highest BCUT2D eigenvalue weighted by Crippen LogP contribution is 2.00. The number of allylic oxidation sites excluding steroid dienone is 2. The molecular formula is C9H11NO2. The van der Waals surface area contributed by atoms with Gasteiger partial charge in [0.15, 0.2) is 0 Å². The lowest BCUT2D eigenvalue weighted by molar-refractivity contribution is -0.142. The summed E-state index contributed by atoms with van der Waals surface area (Å²) in [4.78, 5) is 23.5. The number of nitrogens with zero attached hydrogens (tertiary/aromatic N) is 1. The van der Waals surface area contributed by atoms with E-state index in [0.717, 1.165) is 0 Å². The second-order valence-electron chi connectivity index (χ2n) is 2.61. The largest absolute Gasteiger partial charge is 0.285 e. The average molecular weight is 165 g/mol. The first-order valence-corrected chi connectivity index (χ1v) is 3.83. The highest BCUT2D eigenvalue weighted by molar-refractivity contribution is 5.96. The van der Waals surface area contributed by atoms with Gasteiger partial charge in [0.05, 0.1) is 0 Å². The Balaban J connectivity index is 2.75. The molecule has 1 heterocycles. The Kier molecular flexibility index (Phi) is 2.80. The van der Waals surface area contributed by atoms with Crippen molar-refractivity contribution in [3.05, 3.63) is 24.3 Å². The van der Waals surface area contributed by atoms with E-state index in [2.05, 4.69) is 0 Å². The summed E-state index contributed by atoms with van der Waals surface area (Å²) < 4.78 is 0. The highest BCUT2D eigenvalue weighted by atomic mass is 16.2. The maximum Gasteiger partial charge on any atom is 0.232 e. The number of carbonyl (C=O) groups is 2. The minimum Gasteiger partial charge on any atom is -0.285 e. The SMILES string of the molecule is CN1C(=O)C/C=C\C=C/CC1=O. The fourth-order valence-corrected chi connectivity index (χ4v) is 0.908. The van der Waals surface area contributed by atoms with Gasteiger partial charge in [0.25, 0.3) is 0 Å². The fraction of sp³-hybridized carbons (Fsp3) is 0.333. The van der Waals surface area contributed by atoms with Crippen LogP contribution in [0.1, 0.15) is 12.8 Å². The molecule has 0 bridgehead atoms. The van der Waals surface area contributed by atoms with Gasteiger partial charge >= 0.3 is 0 Å². The molecule has 64 valence electrons. The maximum atomic E-state index is 11.2. The van der Waals surface area contributed by atoms with Crippen LogP contribution >= 0.6 is 0 Å². The Morgan fingerprint density at radius 2 is 1.50 bits per heavy atom. The number of rotatable bonds is 0. The molecule has 0 aliphatic carbocycles. The van der Waals surface area contributed by atoms with Gasteiger partial charge in [-0.25, -0.2) is 0 Å². The van der Waals surface area contributed by atoms with Gasteiger partial charge in [-0.2, -0.15) is 0 Å². The van der Waals surface area contributed by atoms with Crippen molar-refractivity contribution in [2.45, 2.75) is 12.8 Å². The van der Waals surface area contributed by atoms with Gasteiger partial charge in [0.2, 0.25) is 11.8 Å². The molecule has 1 rings (SSSR count). The average Bonchev–Trinajstić information content (AvgIpc) is 2.12. The molecular weight excluding hydrogens is 154 g/mol. The minimum atomic E-state index is -0.153. The molecule has 12 heavy (non-hydrogen) atoms. The molecule has 0 aromatic heterocycles. The number of hydrogen-bond donors (Lipinski definition) is 0. The monoisotopic (exact) mass is 165 g/mol. The van der Waals surface area contributed by atoms with E-state index in [1.54, 1.807) is 24.3 Å². The summed E-state index contributed by atoms with van der Waals surface area (Å²) in [5.41, 5.74) is 0. The summed E-state index contributed by atoms with van der Waals surface area (Å²) >= 11 is 0. The lowest BCUT2D eigenvalue weighted by Crippen LogP contribution is -2.31. The molecule has 0 spiro atoms. The summed E-state index contributed by atoms with van der Waals surface area (Å²) in [6.07, 6.45) is 7.65. The van der Waals surface area contributed by atoms with Crippen molar-refractivity contribution in [1.82, 2.24) is 4.90 Å². The van der Waals surface area contributed by atoms with Gasteiger partial charge in [-0.15, -0.1) is 0 Å². The van der Waals surface area contributed by atoms with Gasteiger partial charge in [0.1, 0.15) is 0 Å². The predicted octanol–water partition coefficient (Wildman–Crippen LogP) is 0.878. The zero-order valence-corrected chi connectivity index (χ0v) is 6.99. The van der Waals surface area contributed by atoms with E-state index in [0.29, 0.717) is 12.8 Å². The molecule has 0 aromatic carbocycles. The third-order valence-corrected chi connectivity index (χ3v) is 1.72. The van der Waals surface area contributed by atoms with Crippen LogP contribution in [0.4, 0.5) is 0 Å². The third kappa shape index (κ3) is 2.05. The molecule has 0 unspecified atom stereocenters. The molecule has 0 aromatic rings. The van der Waals surface area contributed by atoms with Crippen LogP contribution < -0.4 is 0 Å². The third-order valence-electron chi connectivity index (χ3n) is 1.72. The van der Waals surface area contributed by atoms with E-state index in [1.165, 1.54) is 11.9 Å². The summed E-state index contributed by atoms with van der Waals surface area (Å²) in [6, 6.07) is 0. The van der Waals surface area contributed by atoms with Gasteiger partial charge in [-0.3, -0.25) is 14.5 Å². The van der Waals surface area contributed by atoms with Crippen LogP contribution in [0.3, 0.4) is 0 Å². The van der Waals surface area contributed by atoms with Crippen molar-refractivity contribution in [2.24, 2.45) is 0 Å². The number of carbonyl (C=O) groups excluding carboxylic acids is 2. The van der Waals surface area contributed by atoms with Crippen molar-refractivity contribution in [3.63, 3.8) is 0 Å². The topological polar surface area (TPSA) is 37.4 Å². The summed E-state index contributed by atoms with van der Waals surface area (Å²) in [6.45, 7) is 0. The molecule has 0 N–H and O–H groups in total. The van der Waals surface area contributed by atoms with E-state index in [1.807, 2.05) is 0 Å². The van der Waals surface area contributed by atoms with Gasteiger partial charge in [-0.05, 0) is 0 Å². The summed E-state index contributed by atoms with van der Waals surface area (Å²) in [5.74, 6) is -0.306. The summed E-state index contributed by atoms with van der Waals surface area (Å²) in [5, 5.41) is 0.